The third-order valence-electron chi connectivity index (χ3n) is 3.79. The first kappa shape index (κ1) is 24.2. The molecule has 1 aromatic carbocycles. The maximum Gasteiger partial charge on any atom is 0.251 e. The van der Waals surface area contributed by atoms with Gasteiger partial charge in [0, 0.05) is 31.4 Å². The standard InChI is InChI=1S/C20H26ClN5O.HI/c1-3-22-19(27)17-7-5-6-16(12-17)14-26-20(23-4-2)24-11-10-15-8-9-18(21)25-13-15;/h5-9,12-13H,3-4,10-11,14H2,1-2H3,(H,22,27)(H2,23,24,26);1H. The summed E-state index contributed by atoms with van der Waals surface area (Å²) < 4.78 is 0. The Morgan fingerprint density at radius 1 is 1.07 bits per heavy atom. The molecular formula is C20H27ClIN5O. The van der Waals surface area contributed by atoms with Gasteiger partial charge in [-0.25, -0.2) is 9.98 Å². The van der Waals surface area contributed by atoms with Crippen LogP contribution in [0.1, 0.15) is 35.3 Å². The minimum absolute atomic E-state index is 0. The fourth-order valence-electron chi connectivity index (χ4n) is 2.47. The summed E-state index contributed by atoms with van der Waals surface area (Å²) in [6.45, 7) is 6.53. The number of benzene rings is 1. The van der Waals surface area contributed by atoms with Gasteiger partial charge in [-0.1, -0.05) is 29.8 Å². The molecule has 8 heteroatoms. The highest BCUT2D eigenvalue weighted by molar-refractivity contribution is 14.0. The van der Waals surface area contributed by atoms with Gasteiger partial charge in [0.05, 0.1) is 6.54 Å². The second-order valence-electron chi connectivity index (χ2n) is 5.92. The number of aliphatic imine (C=N–C) groups is 1. The van der Waals surface area contributed by atoms with Gasteiger partial charge in [-0.05, 0) is 49.6 Å². The Morgan fingerprint density at radius 2 is 1.86 bits per heavy atom. The molecule has 2 aromatic rings. The lowest BCUT2D eigenvalue weighted by molar-refractivity contribution is 0.0955. The number of carbonyl (C=O) groups is 1. The van der Waals surface area contributed by atoms with Gasteiger partial charge in [-0.3, -0.25) is 4.79 Å². The Kier molecular flexibility index (Phi) is 11.5. The number of pyridine rings is 1. The average molecular weight is 516 g/mol. The summed E-state index contributed by atoms with van der Waals surface area (Å²) in [6.07, 6.45) is 2.60. The predicted octanol–water partition coefficient (Wildman–Crippen LogP) is 3.40. The third kappa shape index (κ3) is 8.43. The summed E-state index contributed by atoms with van der Waals surface area (Å²) in [6, 6.07) is 11.3. The van der Waals surface area contributed by atoms with Crippen LogP contribution in [0.5, 0.6) is 0 Å². The number of guanidine groups is 1. The molecule has 1 amide bonds. The minimum Gasteiger partial charge on any atom is -0.357 e. The fourth-order valence-corrected chi connectivity index (χ4v) is 2.58. The summed E-state index contributed by atoms with van der Waals surface area (Å²) in [5.41, 5.74) is 2.74. The van der Waals surface area contributed by atoms with Crippen LogP contribution in [-0.2, 0) is 13.0 Å². The molecule has 0 fully saturated rings. The molecule has 152 valence electrons. The Hall–Kier alpha value is -1.87. The summed E-state index contributed by atoms with van der Waals surface area (Å²) in [5.74, 6) is 0.674. The largest absolute Gasteiger partial charge is 0.357 e. The van der Waals surface area contributed by atoms with E-state index in [2.05, 4.69) is 25.9 Å². The first-order chi connectivity index (χ1) is 13.1. The van der Waals surface area contributed by atoms with E-state index in [-0.39, 0.29) is 29.9 Å². The second kappa shape index (κ2) is 13.3. The van der Waals surface area contributed by atoms with E-state index < -0.39 is 0 Å². The Bertz CT molecular complexity index is 767. The lowest BCUT2D eigenvalue weighted by Crippen LogP contribution is -2.38. The molecule has 0 saturated heterocycles. The number of halogens is 2. The molecule has 0 radical (unpaired) electrons. The molecule has 1 heterocycles. The lowest BCUT2D eigenvalue weighted by atomic mass is 10.1. The molecule has 0 spiro atoms. The van der Waals surface area contributed by atoms with E-state index in [1.54, 1.807) is 12.3 Å². The predicted molar refractivity (Wildman–Crippen MR) is 126 cm³/mol. The van der Waals surface area contributed by atoms with E-state index in [1.807, 2.05) is 44.2 Å². The topological polar surface area (TPSA) is 78.4 Å². The van der Waals surface area contributed by atoms with Crippen LogP contribution in [0.15, 0.2) is 47.6 Å². The fraction of sp³-hybridized carbons (Fsp3) is 0.350. The molecule has 0 saturated carbocycles. The van der Waals surface area contributed by atoms with Crippen molar-refractivity contribution < 1.29 is 4.79 Å². The lowest BCUT2D eigenvalue weighted by Gasteiger charge is -2.11. The zero-order valence-electron chi connectivity index (χ0n) is 16.2. The SMILES string of the molecule is CCNC(=O)c1cccc(CN=C(NCC)NCCc2ccc(Cl)nc2)c1.I. The zero-order chi connectivity index (χ0) is 19.5. The van der Waals surface area contributed by atoms with Gasteiger partial charge in [0.25, 0.3) is 5.91 Å². The number of nitrogens with zero attached hydrogens (tertiary/aromatic N) is 2. The molecule has 0 aliphatic rings. The van der Waals surface area contributed by atoms with E-state index in [4.69, 9.17) is 11.6 Å². The highest BCUT2D eigenvalue weighted by Gasteiger charge is 2.05. The van der Waals surface area contributed by atoms with Crippen LogP contribution in [0.2, 0.25) is 5.15 Å². The summed E-state index contributed by atoms with van der Waals surface area (Å²) in [4.78, 5) is 20.6. The molecule has 3 N–H and O–H groups in total. The van der Waals surface area contributed by atoms with Crippen LogP contribution in [0, 0.1) is 0 Å². The summed E-state index contributed by atoms with van der Waals surface area (Å²) in [7, 11) is 0. The monoisotopic (exact) mass is 515 g/mol. The van der Waals surface area contributed by atoms with Crippen molar-refractivity contribution in [1.82, 2.24) is 20.9 Å². The minimum atomic E-state index is -0.0649. The molecular weight excluding hydrogens is 489 g/mol. The van der Waals surface area contributed by atoms with Gasteiger partial charge in [0.1, 0.15) is 5.15 Å². The highest BCUT2D eigenvalue weighted by Crippen LogP contribution is 2.07. The second-order valence-corrected chi connectivity index (χ2v) is 6.31. The molecule has 0 bridgehead atoms. The van der Waals surface area contributed by atoms with Crippen molar-refractivity contribution in [3.63, 3.8) is 0 Å². The number of amides is 1. The summed E-state index contributed by atoms with van der Waals surface area (Å²) in [5, 5.41) is 9.84. The number of rotatable bonds is 8. The number of hydrogen-bond donors (Lipinski definition) is 3. The maximum absolute atomic E-state index is 11.9. The van der Waals surface area contributed by atoms with Crippen molar-refractivity contribution in [3.05, 3.63) is 64.4 Å². The first-order valence-corrected chi connectivity index (χ1v) is 9.50. The Balaban J connectivity index is 0.00000392. The van der Waals surface area contributed by atoms with Crippen LogP contribution < -0.4 is 16.0 Å². The van der Waals surface area contributed by atoms with E-state index in [9.17, 15) is 4.79 Å². The zero-order valence-corrected chi connectivity index (χ0v) is 19.3. The first-order valence-electron chi connectivity index (χ1n) is 9.12. The highest BCUT2D eigenvalue weighted by atomic mass is 127. The van der Waals surface area contributed by atoms with Crippen LogP contribution >= 0.6 is 35.6 Å². The molecule has 0 unspecified atom stereocenters. The van der Waals surface area contributed by atoms with Crippen molar-refractivity contribution in [2.75, 3.05) is 19.6 Å². The van der Waals surface area contributed by atoms with Gasteiger partial charge >= 0.3 is 0 Å². The molecule has 0 atom stereocenters. The number of nitrogens with one attached hydrogen (secondary N) is 3. The van der Waals surface area contributed by atoms with Crippen molar-refractivity contribution in [1.29, 1.82) is 0 Å². The van der Waals surface area contributed by atoms with E-state index >= 15 is 0 Å². The van der Waals surface area contributed by atoms with Crippen LogP contribution in [0.3, 0.4) is 0 Å². The van der Waals surface area contributed by atoms with Crippen molar-refractivity contribution in [2.45, 2.75) is 26.8 Å². The van der Waals surface area contributed by atoms with Crippen molar-refractivity contribution in [2.24, 2.45) is 4.99 Å². The smallest absolute Gasteiger partial charge is 0.251 e. The number of aromatic nitrogens is 1. The quantitative estimate of drug-likeness (QED) is 0.218. The number of hydrogen-bond acceptors (Lipinski definition) is 3. The summed E-state index contributed by atoms with van der Waals surface area (Å²) >= 11 is 5.80. The molecule has 0 aliphatic heterocycles. The van der Waals surface area contributed by atoms with E-state index in [0.29, 0.717) is 23.8 Å². The van der Waals surface area contributed by atoms with Crippen LogP contribution in [0.25, 0.3) is 0 Å². The van der Waals surface area contributed by atoms with Gasteiger partial charge in [0.2, 0.25) is 0 Å². The molecule has 0 aliphatic carbocycles. The van der Waals surface area contributed by atoms with Gasteiger partial charge < -0.3 is 16.0 Å². The average Bonchev–Trinajstić information content (AvgIpc) is 2.68. The molecule has 1 aromatic heterocycles. The van der Waals surface area contributed by atoms with Crippen molar-refractivity contribution in [3.8, 4) is 0 Å². The molecule has 2 rings (SSSR count). The Morgan fingerprint density at radius 3 is 2.54 bits per heavy atom. The van der Waals surface area contributed by atoms with E-state index in [1.165, 1.54) is 0 Å². The molecule has 28 heavy (non-hydrogen) atoms. The van der Waals surface area contributed by atoms with Crippen LogP contribution in [-0.4, -0.2) is 36.5 Å². The Labute approximate surface area is 188 Å². The van der Waals surface area contributed by atoms with Crippen LogP contribution in [0.4, 0.5) is 0 Å². The molecule has 6 nitrogen and oxygen atoms in total. The number of carbonyl (C=O) groups excluding carboxylic acids is 1. The van der Waals surface area contributed by atoms with Gasteiger partial charge in [-0.15, -0.1) is 24.0 Å². The van der Waals surface area contributed by atoms with Crippen molar-refractivity contribution >= 4 is 47.4 Å². The maximum atomic E-state index is 11.9. The van der Waals surface area contributed by atoms with Gasteiger partial charge in [0.15, 0.2) is 5.96 Å². The normalized spacial score (nSPS) is 10.8. The third-order valence-corrected chi connectivity index (χ3v) is 4.01. The van der Waals surface area contributed by atoms with E-state index in [0.717, 1.165) is 36.6 Å². The van der Waals surface area contributed by atoms with Gasteiger partial charge in [-0.2, -0.15) is 0 Å².